The first-order valence-electron chi connectivity index (χ1n) is 10.5. The molecule has 0 aliphatic carbocycles. The van der Waals surface area contributed by atoms with Crippen LogP contribution in [0, 0.1) is 6.92 Å². The Bertz CT molecular complexity index is 980. The summed E-state index contributed by atoms with van der Waals surface area (Å²) in [4.78, 5) is 18.9. The van der Waals surface area contributed by atoms with Crippen molar-refractivity contribution in [2.45, 2.75) is 31.9 Å². The zero-order chi connectivity index (χ0) is 22.3. The molecule has 0 atom stereocenters. The van der Waals surface area contributed by atoms with Crippen LogP contribution in [0.1, 0.15) is 30.7 Å². The number of hydrogen-bond donors (Lipinski definition) is 0. The van der Waals surface area contributed by atoms with Gasteiger partial charge in [0, 0.05) is 25.1 Å². The third kappa shape index (κ3) is 7.15. The second-order valence-electron chi connectivity index (χ2n) is 7.74. The number of ketones is 1. The molecule has 0 saturated carbocycles. The van der Waals surface area contributed by atoms with Crippen LogP contribution >= 0.6 is 0 Å². The van der Waals surface area contributed by atoms with E-state index < -0.39 is 15.6 Å². The van der Waals surface area contributed by atoms with Crippen molar-refractivity contribution in [2.75, 3.05) is 45.7 Å². The second kappa shape index (κ2) is 10.9. The number of aryl methyl sites for hydroxylation is 1. The molecule has 3 rings (SSSR count). The molecule has 0 spiro atoms. The van der Waals surface area contributed by atoms with Crippen LogP contribution in [0.5, 0.6) is 5.75 Å². The van der Waals surface area contributed by atoms with Gasteiger partial charge in [0.15, 0.2) is 9.84 Å². The zero-order valence-corrected chi connectivity index (χ0v) is 18.9. The molecule has 1 aliphatic rings. The fraction of sp³-hybridized carbons (Fsp3) is 0.545. The van der Waals surface area contributed by atoms with E-state index in [-0.39, 0.29) is 18.0 Å². The molecule has 0 radical (unpaired) electrons. The number of nitrogens with zero attached hydrogens (tertiary/aromatic N) is 2. The average molecular weight is 451 g/mol. The fourth-order valence-corrected chi connectivity index (χ4v) is 4.92. The summed E-state index contributed by atoms with van der Waals surface area (Å²) in [7, 11) is -2.05. The summed E-state index contributed by atoms with van der Waals surface area (Å²) in [6.45, 7) is 5.91. The molecule has 0 N–H and O–H groups in total. The monoisotopic (exact) mass is 450 g/mol. The molecule has 31 heavy (non-hydrogen) atoms. The van der Waals surface area contributed by atoms with Crippen molar-refractivity contribution >= 4 is 15.6 Å². The van der Waals surface area contributed by atoms with Crippen molar-refractivity contribution < 1.29 is 27.1 Å². The lowest BCUT2D eigenvalue weighted by atomic mass is 10.2. The van der Waals surface area contributed by atoms with Crippen molar-refractivity contribution in [3.63, 3.8) is 0 Å². The van der Waals surface area contributed by atoms with Gasteiger partial charge in [0.1, 0.15) is 23.0 Å². The van der Waals surface area contributed by atoms with E-state index in [0.29, 0.717) is 35.1 Å². The Kier molecular flexibility index (Phi) is 8.22. The summed E-state index contributed by atoms with van der Waals surface area (Å²) in [6, 6.07) is 7.19. The number of morpholine rings is 1. The highest BCUT2D eigenvalue weighted by molar-refractivity contribution is 7.91. The minimum atomic E-state index is -3.62. The van der Waals surface area contributed by atoms with Gasteiger partial charge in [0.25, 0.3) is 0 Å². The molecular weight excluding hydrogens is 420 g/mol. The van der Waals surface area contributed by atoms with Crippen molar-refractivity contribution in [3.05, 3.63) is 35.7 Å². The Morgan fingerprint density at radius 3 is 2.74 bits per heavy atom. The van der Waals surface area contributed by atoms with E-state index in [4.69, 9.17) is 13.9 Å². The van der Waals surface area contributed by atoms with Gasteiger partial charge in [-0.1, -0.05) is 6.07 Å². The van der Waals surface area contributed by atoms with Crippen molar-refractivity contribution in [2.24, 2.45) is 0 Å². The Labute approximate surface area is 183 Å². The predicted molar refractivity (Wildman–Crippen MR) is 117 cm³/mol. The Hall–Kier alpha value is -2.23. The topological polar surface area (TPSA) is 98.9 Å². The molecule has 170 valence electrons. The third-order valence-corrected chi connectivity index (χ3v) is 6.71. The molecule has 0 bridgehead atoms. The maximum atomic E-state index is 12.5. The number of ether oxygens (including phenoxy) is 2. The normalized spacial score (nSPS) is 15.2. The molecule has 9 heteroatoms. The highest BCUT2D eigenvalue weighted by Crippen LogP contribution is 2.26. The Morgan fingerprint density at radius 2 is 2.00 bits per heavy atom. The highest BCUT2D eigenvalue weighted by Gasteiger charge is 2.22. The smallest absolute Gasteiger partial charge is 0.226 e. The first kappa shape index (κ1) is 23.4. The van der Waals surface area contributed by atoms with Crippen LogP contribution in [-0.2, 0) is 25.1 Å². The van der Waals surface area contributed by atoms with Gasteiger partial charge in [-0.05, 0) is 44.5 Å². The van der Waals surface area contributed by atoms with E-state index in [9.17, 15) is 13.2 Å². The maximum Gasteiger partial charge on any atom is 0.226 e. The molecule has 1 fully saturated rings. The molecule has 1 aliphatic heterocycles. The third-order valence-electron chi connectivity index (χ3n) is 5.23. The molecule has 0 unspecified atom stereocenters. The number of aromatic nitrogens is 1. The summed E-state index contributed by atoms with van der Waals surface area (Å²) in [5, 5.41) is 0. The summed E-state index contributed by atoms with van der Waals surface area (Å²) in [5.74, 6) is 0.380. The lowest BCUT2D eigenvalue weighted by Gasteiger charge is -2.26. The number of unbranched alkanes of at least 4 members (excludes halogenated alkanes) is 1. The van der Waals surface area contributed by atoms with Gasteiger partial charge in [-0.15, -0.1) is 0 Å². The van der Waals surface area contributed by atoms with E-state index in [0.717, 1.165) is 39.3 Å². The van der Waals surface area contributed by atoms with Crippen LogP contribution in [0.15, 0.2) is 28.7 Å². The lowest BCUT2D eigenvalue weighted by molar-refractivity contribution is -0.116. The molecule has 1 aromatic carbocycles. The van der Waals surface area contributed by atoms with Gasteiger partial charge in [0.05, 0.1) is 31.8 Å². The van der Waals surface area contributed by atoms with E-state index in [1.807, 2.05) is 12.1 Å². The van der Waals surface area contributed by atoms with E-state index >= 15 is 0 Å². The number of Topliss-reactive ketones (excluding diaryl/α,β-unsaturated/α-hetero) is 1. The average Bonchev–Trinajstić information content (AvgIpc) is 3.11. The molecule has 2 aromatic rings. The highest BCUT2D eigenvalue weighted by atomic mass is 32.2. The number of benzene rings is 1. The van der Waals surface area contributed by atoms with E-state index in [1.165, 1.54) is 0 Å². The lowest BCUT2D eigenvalue weighted by Crippen LogP contribution is -2.36. The Balaban J connectivity index is 1.50. The number of rotatable bonds is 11. The largest absolute Gasteiger partial charge is 0.497 e. The molecule has 1 saturated heterocycles. The van der Waals surface area contributed by atoms with Gasteiger partial charge in [-0.25, -0.2) is 13.4 Å². The first-order valence-corrected chi connectivity index (χ1v) is 12.3. The number of sulfone groups is 1. The minimum Gasteiger partial charge on any atom is -0.497 e. The van der Waals surface area contributed by atoms with Crippen LogP contribution in [0.25, 0.3) is 11.5 Å². The molecular formula is C22H30N2O6S. The quantitative estimate of drug-likeness (QED) is 0.482. The van der Waals surface area contributed by atoms with Crippen molar-refractivity contribution in [1.29, 1.82) is 0 Å². The summed E-state index contributed by atoms with van der Waals surface area (Å²) >= 11 is 0. The van der Waals surface area contributed by atoms with Crippen LogP contribution < -0.4 is 4.74 Å². The van der Waals surface area contributed by atoms with Crippen molar-refractivity contribution in [3.8, 4) is 17.2 Å². The standard InChI is InChI=1S/C22H30N2O6S/c1-17-21(23-22(30-17)18-6-5-8-20(14-18)28-2)16-31(26,27)15-19(25)7-3-4-9-24-10-12-29-13-11-24/h5-6,8,14H,3-4,7,9-13,15-16H2,1-2H3. The number of carbonyl (C=O) groups is 1. The minimum absolute atomic E-state index is 0.254. The summed E-state index contributed by atoms with van der Waals surface area (Å²) in [5.41, 5.74) is 1.03. The number of hydrogen-bond acceptors (Lipinski definition) is 8. The summed E-state index contributed by atoms with van der Waals surface area (Å²) in [6.07, 6.45) is 1.84. The van der Waals surface area contributed by atoms with Crippen LogP contribution in [-0.4, -0.2) is 69.8 Å². The Morgan fingerprint density at radius 1 is 1.23 bits per heavy atom. The van der Waals surface area contributed by atoms with Crippen molar-refractivity contribution in [1.82, 2.24) is 9.88 Å². The van der Waals surface area contributed by atoms with E-state index in [1.54, 1.807) is 26.2 Å². The second-order valence-corrected chi connectivity index (χ2v) is 9.80. The van der Waals surface area contributed by atoms with E-state index in [2.05, 4.69) is 9.88 Å². The van der Waals surface area contributed by atoms with Gasteiger partial charge < -0.3 is 13.9 Å². The molecule has 2 heterocycles. The zero-order valence-electron chi connectivity index (χ0n) is 18.1. The van der Waals surface area contributed by atoms with Crippen LogP contribution in [0.4, 0.5) is 0 Å². The summed E-state index contributed by atoms with van der Waals surface area (Å²) < 4.78 is 41.3. The van der Waals surface area contributed by atoms with Gasteiger partial charge in [-0.2, -0.15) is 0 Å². The maximum absolute atomic E-state index is 12.5. The first-order chi connectivity index (χ1) is 14.9. The predicted octanol–water partition coefficient (Wildman–Crippen LogP) is 2.65. The SMILES string of the molecule is COc1cccc(-c2nc(CS(=O)(=O)CC(=O)CCCCN3CCOCC3)c(C)o2)c1. The van der Waals surface area contributed by atoms with Gasteiger partial charge >= 0.3 is 0 Å². The van der Waals surface area contributed by atoms with Crippen LogP contribution in [0.2, 0.25) is 0 Å². The number of methoxy groups -OCH3 is 1. The number of carbonyl (C=O) groups excluding carboxylic acids is 1. The molecule has 8 nitrogen and oxygen atoms in total. The molecule has 1 aromatic heterocycles. The number of oxazole rings is 1. The molecule has 0 amide bonds. The van der Waals surface area contributed by atoms with Crippen LogP contribution in [0.3, 0.4) is 0 Å². The fourth-order valence-electron chi connectivity index (χ4n) is 3.50. The van der Waals surface area contributed by atoms with Gasteiger partial charge in [0.2, 0.25) is 5.89 Å². The van der Waals surface area contributed by atoms with Gasteiger partial charge in [-0.3, -0.25) is 9.69 Å².